The lowest BCUT2D eigenvalue weighted by atomic mass is 9.96. The second kappa shape index (κ2) is 4.64. The van der Waals surface area contributed by atoms with Gasteiger partial charge in [0.05, 0.1) is 16.6 Å². The molecule has 1 aromatic carbocycles. The summed E-state index contributed by atoms with van der Waals surface area (Å²) in [4.78, 5) is 39.3. The molecule has 4 aromatic heterocycles. The molecule has 5 rings (SSSR count). The van der Waals surface area contributed by atoms with E-state index in [1.165, 1.54) is 0 Å². The zero-order valence-corrected chi connectivity index (χ0v) is 12.8. The van der Waals surface area contributed by atoms with Crippen LogP contribution in [0.2, 0.25) is 0 Å². The number of fused-ring (bicyclic) bond motifs is 7. The topological polar surface area (TPSA) is 118 Å². The van der Waals surface area contributed by atoms with Crippen molar-refractivity contribution in [3.05, 3.63) is 47.8 Å². The van der Waals surface area contributed by atoms with Crippen LogP contribution in [0.4, 0.5) is 0 Å². The number of benzene rings is 1. The van der Waals surface area contributed by atoms with Crippen molar-refractivity contribution in [1.82, 2.24) is 19.9 Å². The number of H-pyrrole nitrogens is 2. The van der Waals surface area contributed by atoms with Crippen LogP contribution in [0.5, 0.6) is 0 Å². The summed E-state index contributed by atoms with van der Waals surface area (Å²) in [6.45, 7) is 0. The van der Waals surface area contributed by atoms with Crippen molar-refractivity contribution < 1.29 is 9.59 Å². The van der Waals surface area contributed by atoms with Crippen LogP contribution < -0.4 is 5.73 Å². The third-order valence-electron chi connectivity index (χ3n) is 4.54. The van der Waals surface area contributed by atoms with Gasteiger partial charge in [-0.1, -0.05) is 0 Å². The van der Waals surface area contributed by atoms with E-state index in [4.69, 9.17) is 5.73 Å². The van der Waals surface area contributed by atoms with Crippen LogP contribution in [-0.2, 0) is 0 Å². The third kappa shape index (κ3) is 1.64. The van der Waals surface area contributed by atoms with Crippen LogP contribution >= 0.6 is 0 Å². The Hall–Kier alpha value is -3.74. The number of aromatic nitrogens is 4. The number of carbonyl (C=O) groups excluding carboxylic acids is 2. The standard InChI is InChI=1S/C18H11N5O2/c19-16(25)13-10(7-24)11-8-3-1-5-20-17(8)22-14(11)15-12(13)9-4-2-6-21-18(9)23-15/h1-7H,(H2,19,25)(H,20,22)(H,21,23). The molecular weight excluding hydrogens is 318 g/mol. The number of hydrogen-bond acceptors (Lipinski definition) is 4. The van der Waals surface area contributed by atoms with Gasteiger partial charge in [0, 0.05) is 39.5 Å². The Kier molecular flexibility index (Phi) is 2.54. The summed E-state index contributed by atoms with van der Waals surface area (Å²) in [5, 5.41) is 2.72. The molecular formula is C18H11N5O2. The Balaban J connectivity index is 2.21. The van der Waals surface area contributed by atoms with Crippen LogP contribution in [0.1, 0.15) is 20.7 Å². The van der Waals surface area contributed by atoms with Gasteiger partial charge in [0.15, 0.2) is 6.29 Å². The lowest BCUT2D eigenvalue weighted by Crippen LogP contribution is -2.14. The van der Waals surface area contributed by atoms with Crippen LogP contribution in [-0.4, -0.2) is 32.1 Å². The first-order valence-electron chi connectivity index (χ1n) is 7.64. The SMILES string of the molecule is NC(=O)c1c(C=O)c2c3cccnc3[nH]c2c2[nH]c3ncccc3c12. The number of hydrogen-bond donors (Lipinski definition) is 3. The molecule has 0 aliphatic heterocycles. The maximum atomic E-state index is 12.2. The average Bonchev–Trinajstić information content (AvgIpc) is 3.19. The molecule has 0 fully saturated rings. The maximum Gasteiger partial charge on any atom is 0.250 e. The summed E-state index contributed by atoms with van der Waals surface area (Å²) in [6, 6.07) is 7.25. The monoisotopic (exact) mass is 329 g/mol. The van der Waals surface area contributed by atoms with E-state index in [9.17, 15) is 9.59 Å². The van der Waals surface area contributed by atoms with Crippen LogP contribution in [0.15, 0.2) is 36.7 Å². The Morgan fingerprint density at radius 2 is 1.52 bits per heavy atom. The fourth-order valence-electron chi connectivity index (χ4n) is 3.59. The molecule has 1 amide bonds. The van der Waals surface area contributed by atoms with Crippen molar-refractivity contribution in [2.45, 2.75) is 0 Å². The Morgan fingerprint density at radius 3 is 2.08 bits per heavy atom. The number of aromatic amines is 2. The van der Waals surface area contributed by atoms with E-state index < -0.39 is 5.91 Å². The number of rotatable bonds is 2. The highest BCUT2D eigenvalue weighted by Crippen LogP contribution is 2.38. The molecule has 0 aliphatic rings. The number of primary amides is 1. The predicted octanol–water partition coefficient (Wildman–Crippen LogP) is 2.66. The van der Waals surface area contributed by atoms with Gasteiger partial charge in [-0.25, -0.2) is 9.97 Å². The highest BCUT2D eigenvalue weighted by Gasteiger charge is 2.24. The van der Waals surface area contributed by atoms with E-state index in [0.717, 1.165) is 10.8 Å². The summed E-state index contributed by atoms with van der Waals surface area (Å²) < 4.78 is 0. The van der Waals surface area contributed by atoms with Gasteiger partial charge in [-0.15, -0.1) is 0 Å². The first-order chi connectivity index (χ1) is 12.2. The summed E-state index contributed by atoms with van der Waals surface area (Å²) in [5.74, 6) is -0.656. The minimum absolute atomic E-state index is 0.196. The van der Waals surface area contributed by atoms with E-state index in [-0.39, 0.29) is 11.1 Å². The molecule has 25 heavy (non-hydrogen) atoms. The van der Waals surface area contributed by atoms with Gasteiger partial charge < -0.3 is 15.7 Å². The smallest absolute Gasteiger partial charge is 0.250 e. The lowest BCUT2D eigenvalue weighted by molar-refractivity contribution is 0.0995. The van der Waals surface area contributed by atoms with Crippen molar-refractivity contribution in [3.8, 4) is 0 Å². The summed E-state index contributed by atoms with van der Waals surface area (Å²) in [7, 11) is 0. The molecule has 4 heterocycles. The van der Waals surface area contributed by atoms with Crippen LogP contribution in [0.25, 0.3) is 43.9 Å². The van der Waals surface area contributed by atoms with Crippen molar-refractivity contribution >= 4 is 56.1 Å². The Bertz CT molecular complexity index is 1350. The largest absolute Gasteiger partial charge is 0.366 e. The molecule has 0 spiro atoms. The van der Waals surface area contributed by atoms with Gasteiger partial charge in [-0.2, -0.15) is 0 Å². The summed E-state index contributed by atoms with van der Waals surface area (Å²) in [6.07, 6.45) is 4.00. The maximum absolute atomic E-state index is 12.2. The predicted molar refractivity (Wildman–Crippen MR) is 94.7 cm³/mol. The molecule has 5 aromatic rings. The highest BCUT2D eigenvalue weighted by atomic mass is 16.1. The summed E-state index contributed by atoms with van der Waals surface area (Å²) in [5.41, 5.74) is 8.75. The first-order valence-corrected chi connectivity index (χ1v) is 7.64. The van der Waals surface area contributed by atoms with Gasteiger partial charge in [-0.3, -0.25) is 9.59 Å². The van der Waals surface area contributed by atoms with Crippen molar-refractivity contribution in [2.75, 3.05) is 0 Å². The summed E-state index contributed by atoms with van der Waals surface area (Å²) >= 11 is 0. The molecule has 120 valence electrons. The zero-order valence-electron chi connectivity index (χ0n) is 12.8. The molecule has 0 atom stereocenters. The number of amides is 1. The molecule has 0 saturated heterocycles. The number of aldehydes is 1. The van der Waals surface area contributed by atoms with E-state index in [2.05, 4.69) is 19.9 Å². The van der Waals surface area contributed by atoms with Gasteiger partial charge in [0.25, 0.3) is 0 Å². The number of carbonyl (C=O) groups is 2. The number of pyridine rings is 2. The van der Waals surface area contributed by atoms with Crippen molar-refractivity contribution in [3.63, 3.8) is 0 Å². The van der Waals surface area contributed by atoms with Gasteiger partial charge in [0.2, 0.25) is 5.91 Å². The Labute approximate surface area is 139 Å². The Morgan fingerprint density at radius 1 is 0.960 bits per heavy atom. The molecule has 7 heteroatoms. The second-order valence-electron chi connectivity index (χ2n) is 5.82. The van der Waals surface area contributed by atoms with E-state index in [1.54, 1.807) is 24.5 Å². The average molecular weight is 329 g/mol. The van der Waals surface area contributed by atoms with Crippen LogP contribution in [0.3, 0.4) is 0 Å². The molecule has 0 saturated carbocycles. The minimum atomic E-state index is -0.656. The molecule has 0 unspecified atom stereocenters. The van der Waals surface area contributed by atoms with Crippen molar-refractivity contribution in [2.24, 2.45) is 5.73 Å². The zero-order chi connectivity index (χ0) is 17.1. The molecule has 7 nitrogen and oxygen atoms in total. The fraction of sp³-hybridized carbons (Fsp3) is 0. The fourth-order valence-corrected chi connectivity index (χ4v) is 3.59. The normalized spacial score (nSPS) is 11.7. The molecule has 0 aliphatic carbocycles. The van der Waals surface area contributed by atoms with Gasteiger partial charge >= 0.3 is 0 Å². The van der Waals surface area contributed by atoms with E-state index in [1.807, 2.05) is 12.1 Å². The number of nitrogens with one attached hydrogen (secondary N) is 2. The van der Waals surface area contributed by atoms with Crippen molar-refractivity contribution in [1.29, 1.82) is 0 Å². The molecule has 0 radical (unpaired) electrons. The molecule has 4 N–H and O–H groups in total. The lowest BCUT2D eigenvalue weighted by Gasteiger charge is -2.06. The first kappa shape index (κ1) is 13.7. The number of nitrogens with two attached hydrogens (primary N) is 1. The third-order valence-corrected chi connectivity index (χ3v) is 4.54. The second-order valence-corrected chi connectivity index (χ2v) is 5.82. The van der Waals surface area contributed by atoms with E-state index in [0.29, 0.717) is 39.4 Å². The van der Waals surface area contributed by atoms with Crippen LogP contribution in [0, 0.1) is 0 Å². The van der Waals surface area contributed by atoms with Gasteiger partial charge in [0.1, 0.15) is 11.3 Å². The highest BCUT2D eigenvalue weighted by molar-refractivity contribution is 6.31. The number of nitrogens with zero attached hydrogens (tertiary/aromatic N) is 2. The van der Waals surface area contributed by atoms with Gasteiger partial charge in [-0.05, 0) is 24.3 Å². The minimum Gasteiger partial charge on any atom is -0.366 e. The molecule has 0 bridgehead atoms. The van der Waals surface area contributed by atoms with E-state index >= 15 is 0 Å². The quantitative estimate of drug-likeness (QED) is 0.431.